The predicted molar refractivity (Wildman–Crippen MR) is 114 cm³/mol. The van der Waals surface area contributed by atoms with Gasteiger partial charge >= 0.3 is 5.97 Å². The number of aryl methyl sites for hydroxylation is 1. The maximum absolute atomic E-state index is 13.2. The zero-order valence-corrected chi connectivity index (χ0v) is 18.3. The van der Waals surface area contributed by atoms with Crippen LogP contribution in [0.3, 0.4) is 0 Å². The summed E-state index contributed by atoms with van der Waals surface area (Å²) in [5.41, 5.74) is 1.32. The molecule has 1 atom stereocenters. The van der Waals surface area contributed by atoms with Gasteiger partial charge in [-0.05, 0) is 43.5 Å². The van der Waals surface area contributed by atoms with E-state index in [1.54, 1.807) is 47.9 Å². The lowest BCUT2D eigenvalue weighted by molar-refractivity contribution is -0.161. The van der Waals surface area contributed by atoms with E-state index in [2.05, 4.69) is 10.3 Å². The third-order valence-electron chi connectivity index (χ3n) is 6.29. The average molecular weight is 442 g/mol. The number of amides is 1. The van der Waals surface area contributed by atoms with Crippen LogP contribution in [0.1, 0.15) is 48.7 Å². The first-order valence-corrected chi connectivity index (χ1v) is 10.8. The maximum atomic E-state index is 13.2. The largest absolute Gasteiger partial charge is 0.466 e. The molecule has 2 aromatic rings. The summed E-state index contributed by atoms with van der Waals surface area (Å²) in [5, 5.41) is 8.24. The molecule has 0 bridgehead atoms. The summed E-state index contributed by atoms with van der Waals surface area (Å²) in [6, 6.07) is 7.81. The number of carbonyl (C=O) groups is 2. The molecule has 32 heavy (non-hydrogen) atoms. The summed E-state index contributed by atoms with van der Waals surface area (Å²) in [6.07, 6.45) is 3.27. The van der Waals surface area contributed by atoms with Gasteiger partial charge in [-0.3, -0.25) is 14.3 Å². The van der Waals surface area contributed by atoms with Gasteiger partial charge in [-0.2, -0.15) is 5.10 Å². The molecule has 1 saturated heterocycles. The fraction of sp³-hybridized carbons (Fsp3) is 0.478. The third-order valence-corrected chi connectivity index (χ3v) is 6.29. The Morgan fingerprint density at radius 3 is 2.56 bits per heavy atom. The molecule has 3 heterocycles. The Labute approximate surface area is 186 Å². The van der Waals surface area contributed by atoms with E-state index in [0.29, 0.717) is 51.1 Å². The summed E-state index contributed by atoms with van der Waals surface area (Å²) in [7, 11) is 1.73. The molecule has 2 aliphatic rings. The van der Waals surface area contributed by atoms with Crippen molar-refractivity contribution in [1.29, 1.82) is 0 Å². The standard InChI is InChI=1S/C23H27FN4O4/c1-3-31-22(30)23(9-12-28(13-10-23)21(29)20-8-11-25-27(20)2)15-18-14-19(26-32-18)16-4-6-17(24)7-5-16/h4-8,11,18H,3,9-10,12-15H2,1-2H3/t18-/m0/s1. The molecule has 4 rings (SSSR count). The van der Waals surface area contributed by atoms with Crippen LogP contribution >= 0.6 is 0 Å². The Kier molecular flexibility index (Phi) is 6.25. The Bertz CT molecular complexity index is 1010. The number of ether oxygens (including phenoxy) is 1. The van der Waals surface area contributed by atoms with Crippen LogP contribution in [0.25, 0.3) is 0 Å². The van der Waals surface area contributed by atoms with Gasteiger partial charge < -0.3 is 14.5 Å². The van der Waals surface area contributed by atoms with Crippen LogP contribution in [0.2, 0.25) is 0 Å². The van der Waals surface area contributed by atoms with Gasteiger partial charge in [-0.25, -0.2) is 4.39 Å². The fourth-order valence-corrected chi connectivity index (χ4v) is 4.45. The molecule has 1 amide bonds. The fourth-order valence-electron chi connectivity index (χ4n) is 4.45. The number of esters is 1. The molecular weight excluding hydrogens is 415 g/mol. The highest BCUT2D eigenvalue weighted by molar-refractivity contribution is 6.01. The molecule has 1 aromatic heterocycles. The number of nitrogens with zero attached hydrogens (tertiary/aromatic N) is 4. The van der Waals surface area contributed by atoms with Gasteiger partial charge in [0.2, 0.25) is 0 Å². The first kappa shape index (κ1) is 22.0. The second-order valence-electron chi connectivity index (χ2n) is 8.31. The first-order chi connectivity index (χ1) is 15.4. The van der Waals surface area contributed by atoms with E-state index < -0.39 is 5.41 Å². The molecule has 0 radical (unpaired) electrons. The summed E-state index contributed by atoms with van der Waals surface area (Å²) in [5.74, 6) is -0.661. The van der Waals surface area contributed by atoms with Crippen molar-refractivity contribution in [3.63, 3.8) is 0 Å². The Hall–Kier alpha value is -3.23. The van der Waals surface area contributed by atoms with Gasteiger partial charge in [0.05, 0.1) is 17.7 Å². The zero-order valence-electron chi connectivity index (χ0n) is 18.3. The molecule has 2 aliphatic heterocycles. The van der Waals surface area contributed by atoms with Gasteiger partial charge in [-0.1, -0.05) is 17.3 Å². The van der Waals surface area contributed by atoms with Crippen molar-refractivity contribution in [2.24, 2.45) is 17.6 Å². The summed E-state index contributed by atoms with van der Waals surface area (Å²) >= 11 is 0. The lowest BCUT2D eigenvalue weighted by Gasteiger charge is -2.40. The van der Waals surface area contributed by atoms with Crippen molar-refractivity contribution in [2.75, 3.05) is 19.7 Å². The monoisotopic (exact) mass is 442 g/mol. The van der Waals surface area contributed by atoms with E-state index in [9.17, 15) is 14.0 Å². The first-order valence-electron chi connectivity index (χ1n) is 10.8. The third kappa shape index (κ3) is 4.37. The maximum Gasteiger partial charge on any atom is 0.312 e. The van der Waals surface area contributed by atoms with Crippen LogP contribution in [0.15, 0.2) is 41.7 Å². The smallest absolute Gasteiger partial charge is 0.312 e. The van der Waals surface area contributed by atoms with E-state index >= 15 is 0 Å². The number of benzene rings is 1. The van der Waals surface area contributed by atoms with Crippen LogP contribution in [0.4, 0.5) is 4.39 Å². The van der Waals surface area contributed by atoms with Gasteiger partial charge in [0, 0.05) is 39.2 Å². The van der Waals surface area contributed by atoms with Crippen LogP contribution in [-0.4, -0.2) is 58.1 Å². The molecule has 1 fully saturated rings. The quantitative estimate of drug-likeness (QED) is 0.642. The van der Waals surface area contributed by atoms with Gasteiger partial charge in [0.1, 0.15) is 17.6 Å². The SMILES string of the molecule is CCOC(=O)C1(C[C@@H]2CC(c3ccc(F)cc3)=NO2)CCN(C(=O)c2ccnn2C)CC1. The lowest BCUT2D eigenvalue weighted by Crippen LogP contribution is -2.48. The highest BCUT2D eigenvalue weighted by Gasteiger charge is 2.46. The highest BCUT2D eigenvalue weighted by Crippen LogP contribution is 2.40. The van der Waals surface area contributed by atoms with E-state index in [0.717, 1.165) is 11.3 Å². The van der Waals surface area contributed by atoms with Crippen LogP contribution in [-0.2, 0) is 21.4 Å². The van der Waals surface area contributed by atoms with Gasteiger partial charge in [0.15, 0.2) is 0 Å². The molecule has 0 unspecified atom stereocenters. The van der Waals surface area contributed by atoms with Crippen molar-refractivity contribution >= 4 is 17.6 Å². The number of rotatable bonds is 6. The molecule has 170 valence electrons. The summed E-state index contributed by atoms with van der Waals surface area (Å²) < 4.78 is 20.2. The number of oxime groups is 1. The number of likely N-dealkylation sites (tertiary alicyclic amines) is 1. The molecule has 9 heteroatoms. The number of hydrogen-bond acceptors (Lipinski definition) is 6. The number of aromatic nitrogens is 2. The van der Waals surface area contributed by atoms with Gasteiger partial charge in [-0.15, -0.1) is 0 Å². The molecule has 1 aromatic carbocycles. The molecule has 8 nitrogen and oxygen atoms in total. The van der Waals surface area contributed by atoms with Crippen molar-refractivity contribution in [1.82, 2.24) is 14.7 Å². The minimum atomic E-state index is -0.738. The Morgan fingerprint density at radius 2 is 1.94 bits per heavy atom. The number of piperidine rings is 1. The molecule has 0 spiro atoms. The highest BCUT2D eigenvalue weighted by atomic mass is 19.1. The molecule has 0 N–H and O–H groups in total. The second kappa shape index (κ2) is 9.10. The normalized spacial score (nSPS) is 19.9. The van der Waals surface area contributed by atoms with Crippen molar-refractivity contribution in [2.45, 2.75) is 38.7 Å². The molecule has 0 aliphatic carbocycles. The second-order valence-corrected chi connectivity index (χ2v) is 8.31. The zero-order chi connectivity index (χ0) is 22.7. The van der Waals surface area contributed by atoms with E-state index in [1.807, 2.05) is 0 Å². The van der Waals surface area contributed by atoms with Crippen molar-refractivity contribution in [3.8, 4) is 0 Å². The minimum Gasteiger partial charge on any atom is -0.466 e. The number of carbonyl (C=O) groups excluding carboxylic acids is 2. The number of halogens is 1. The van der Waals surface area contributed by atoms with E-state index in [1.165, 1.54) is 12.1 Å². The summed E-state index contributed by atoms with van der Waals surface area (Å²) in [4.78, 5) is 33.2. The van der Waals surface area contributed by atoms with Crippen LogP contribution in [0, 0.1) is 11.2 Å². The lowest BCUT2D eigenvalue weighted by atomic mass is 9.73. The van der Waals surface area contributed by atoms with Crippen molar-refractivity contribution in [3.05, 3.63) is 53.6 Å². The van der Waals surface area contributed by atoms with E-state index in [4.69, 9.17) is 9.57 Å². The molecular formula is C23H27FN4O4. The summed E-state index contributed by atoms with van der Waals surface area (Å²) in [6.45, 7) is 2.97. The van der Waals surface area contributed by atoms with Gasteiger partial charge in [0.25, 0.3) is 5.91 Å². The van der Waals surface area contributed by atoms with Crippen LogP contribution in [0.5, 0.6) is 0 Å². The van der Waals surface area contributed by atoms with Crippen LogP contribution < -0.4 is 0 Å². The minimum absolute atomic E-state index is 0.0958. The average Bonchev–Trinajstić information content (AvgIpc) is 3.43. The number of hydrogen-bond donors (Lipinski definition) is 0. The predicted octanol–water partition coefficient (Wildman–Crippen LogP) is 2.93. The molecule has 0 saturated carbocycles. The van der Waals surface area contributed by atoms with Crippen molar-refractivity contribution < 1.29 is 23.6 Å². The Morgan fingerprint density at radius 1 is 1.22 bits per heavy atom. The topological polar surface area (TPSA) is 86.0 Å². The van der Waals surface area contributed by atoms with E-state index in [-0.39, 0.29) is 23.8 Å². The Balaban J connectivity index is 1.43.